The molecule has 0 atom stereocenters. The van der Waals surface area contributed by atoms with Crippen LogP contribution >= 0.6 is 0 Å². The summed E-state index contributed by atoms with van der Waals surface area (Å²) in [7, 11) is 0. The van der Waals surface area contributed by atoms with Crippen molar-refractivity contribution in [2.75, 3.05) is 18.8 Å². The van der Waals surface area contributed by atoms with E-state index in [1.165, 1.54) is 11.0 Å². The lowest BCUT2D eigenvalue weighted by Gasteiger charge is -2.21. The number of carbonyl (C=O) groups excluding carboxylic acids is 1. The number of rotatable bonds is 6. The number of nitrogens with zero attached hydrogens (tertiary/aromatic N) is 1. The predicted molar refractivity (Wildman–Crippen MR) is 78.9 cm³/mol. The molecule has 20 heavy (non-hydrogen) atoms. The first-order valence-corrected chi connectivity index (χ1v) is 6.43. The Hall–Kier alpha value is -2.30. The van der Waals surface area contributed by atoms with Crippen molar-refractivity contribution in [1.82, 2.24) is 4.90 Å². The normalized spacial score (nSPS) is 10.9. The minimum atomic E-state index is -1.01. The number of carboxylic acids is 1. The molecule has 1 aromatic rings. The van der Waals surface area contributed by atoms with Crippen molar-refractivity contribution in [3.8, 4) is 0 Å². The third kappa shape index (κ3) is 5.56. The molecule has 1 rings (SSSR count). The zero-order chi connectivity index (χ0) is 15.1. The molecule has 0 saturated carbocycles. The van der Waals surface area contributed by atoms with E-state index in [4.69, 9.17) is 10.8 Å². The minimum absolute atomic E-state index is 0.211. The topological polar surface area (TPSA) is 83.6 Å². The van der Waals surface area contributed by atoms with Crippen LogP contribution in [0.3, 0.4) is 0 Å². The van der Waals surface area contributed by atoms with Gasteiger partial charge in [-0.05, 0) is 29.7 Å². The molecule has 0 fully saturated rings. The Bertz CT molecular complexity index is 492. The highest BCUT2D eigenvalue weighted by Gasteiger charge is 2.15. The van der Waals surface area contributed by atoms with Crippen LogP contribution < -0.4 is 5.73 Å². The summed E-state index contributed by atoms with van der Waals surface area (Å²) >= 11 is 0. The van der Waals surface area contributed by atoms with Crippen LogP contribution in [0.1, 0.15) is 19.4 Å². The number of carboxylic acid groups (broad SMARTS) is 1. The molecule has 0 saturated heterocycles. The third-order valence-electron chi connectivity index (χ3n) is 2.58. The van der Waals surface area contributed by atoms with Crippen LogP contribution in [0.2, 0.25) is 0 Å². The van der Waals surface area contributed by atoms with Gasteiger partial charge in [-0.2, -0.15) is 0 Å². The highest BCUT2D eigenvalue weighted by atomic mass is 16.4. The van der Waals surface area contributed by atoms with Gasteiger partial charge in [0.2, 0.25) is 5.91 Å². The molecule has 5 heteroatoms. The molecule has 108 valence electrons. The summed E-state index contributed by atoms with van der Waals surface area (Å²) in [4.78, 5) is 24.1. The standard InChI is InChI=1S/C15H20N2O3/c1-11(2)9-17(10-15(19)20)14(18)8-5-12-3-6-13(16)7-4-12/h3-8,11H,9-10,16H2,1-2H3,(H,19,20)/b8-5+. The second-order valence-corrected chi connectivity index (χ2v) is 5.01. The average Bonchev–Trinajstić information content (AvgIpc) is 2.36. The molecular weight excluding hydrogens is 256 g/mol. The van der Waals surface area contributed by atoms with Crippen LogP contribution in [0.25, 0.3) is 6.08 Å². The first-order valence-electron chi connectivity index (χ1n) is 6.43. The monoisotopic (exact) mass is 276 g/mol. The number of nitrogen functional groups attached to an aromatic ring is 1. The molecule has 0 aliphatic heterocycles. The van der Waals surface area contributed by atoms with Gasteiger partial charge in [0.25, 0.3) is 0 Å². The smallest absolute Gasteiger partial charge is 0.323 e. The second-order valence-electron chi connectivity index (χ2n) is 5.01. The molecular formula is C15H20N2O3. The van der Waals surface area contributed by atoms with E-state index in [1.54, 1.807) is 30.3 Å². The summed E-state index contributed by atoms with van der Waals surface area (Å²) in [6, 6.07) is 7.08. The van der Waals surface area contributed by atoms with Crippen LogP contribution in [-0.4, -0.2) is 35.0 Å². The van der Waals surface area contributed by atoms with Gasteiger partial charge in [-0.1, -0.05) is 26.0 Å². The fourth-order valence-corrected chi connectivity index (χ4v) is 1.72. The van der Waals surface area contributed by atoms with E-state index in [1.807, 2.05) is 13.8 Å². The Kier molecular flexibility index (Phi) is 5.77. The molecule has 0 bridgehead atoms. The number of benzene rings is 1. The summed E-state index contributed by atoms with van der Waals surface area (Å²) in [5.74, 6) is -1.11. The SMILES string of the molecule is CC(C)CN(CC(=O)O)C(=O)/C=C/c1ccc(N)cc1. The van der Waals surface area contributed by atoms with E-state index < -0.39 is 5.97 Å². The highest BCUT2D eigenvalue weighted by molar-refractivity contribution is 5.93. The fourth-order valence-electron chi connectivity index (χ4n) is 1.72. The number of aliphatic carboxylic acids is 1. The van der Waals surface area contributed by atoms with Crippen molar-refractivity contribution in [3.05, 3.63) is 35.9 Å². The number of hydrogen-bond acceptors (Lipinski definition) is 3. The molecule has 0 aliphatic carbocycles. The molecule has 3 N–H and O–H groups in total. The third-order valence-corrected chi connectivity index (χ3v) is 2.58. The van der Waals surface area contributed by atoms with Crippen molar-refractivity contribution < 1.29 is 14.7 Å². The van der Waals surface area contributed by atoms with E-state index in [9.17, 15) is 9.59 Å². The van der Waals surface area contributed by atoms with Gasteiger partial charge in [0, 0.05) is 18.3 Å². The molecule has 0 heterocycles. The second kappa shape index (κ2) is 7.33. The number of carbonyl (C=O) groups is 2. The maximum Gasteiger partial charge on any atom is 0.323 e. The average molecular weight is 276 g/mol. The molecule has 1 aromatic carbocycles. The van der Waals surface area contributed by atoms with Gasteiger partial charge >= 0.3 is 5.97 Å². The van der Waals surface area contributed by atoms with E-state index >= 15 is 0 Å². The fraction of sp³-hybridized carbons (Fsp3) is 0.333. The van der Waals surface area contributed by atoms with Gasteiger partial charge < -0.3 is 15.7 Å². The first kappa shape index (κ1) is 15.8. The molecule has 0 unspecified atom stereocenters. The van der Waals surface area contributed by atoms with Gasteiger partial charge in [-0.3, -0.25) is 9.59 Å². The number of hydrogen-bond donors (Lipinski definition) is 2. The van der Waals surface area contributed by atoms with Gasteiger partial charge in [-0.25, -0.2) is 0 Å². The molecule has 0 aromatic heterocycles. The van der Waals surface area contributed by atoms with Gasteiger partial charge in [-0.15, -0.1) is 0 Å². The molecule has 0 spiro atoms. The summed E-state index contributed by atoms with van der Waals surface area (Å²) in [5, 5.41) is 8.83. The zero-order valence-electron chi connectivity index (χ0n) is 11.7. The summed E-state index contributed by atoms with van der Waals surface area (Å²) < 4.78 is 0. The molecule has 0 aliphatic rings. The predicted octanol–water partition coefficient (Wildman–Crippen LogP) is 1.85. The van der Waals surface area contributed by atoms with Gasteiger partial charge in [0.1, 0.15) is 6.54 Å². The lowest BCUT2D eigenvalue weighted by molar-refractivity contribution is -0.143. The molecule has 1 amide bonds. The summed E-state index contributed by atoms with van der Waals surface area (Å²) in [5.41, 5.74) is 7.07. The highest BCUT2D eigenvalue weighted by Crippen LogP contribution is 2.08. The number of anilines is 1. The van der Waals surface area contributed by atoms with Crippen molar-refractivity contribution in [2.45, 2.75) is 13.8 Å². The van der Waals surface area contributed by atoms with E-state index in [2.05, 4.69) is 0 Å². The Labute approximate surface area is 118 Å². The van der Waals surface area contributed by atoms with Crippen LogP contribution in [0, 0.1) is 5.92 Å². The maximum absolute atomic E-state index is 12.0. The van der Waals surface area contributed by atoms with Crippen molar-refractivity contribution >= 4 is 23.6 Å². The van der Waals surface area contributed by atoms with Crippen molar-refractivity contribution in [2.24, 2.45) is 5.92 Å². The zero-order valence-corrected chi connectivity index (χ0v) is 11.7. The van der Waals surface area contributed by atoms with Gasteiger partial charge in [0.05, 0.1) is 0 Å². The molecule has 5 nitrogen and oxygen atoms in total. The van der Waals surface area contributed by atoms with E-state index in [0.29, 0.717) is 12.2 Å². The number of nitrogens with two attached hydrogens (primary N) is 1. The minimum Gasteiger partial charge on any atom is -0.480 e. The first-order chi connectivity index (χ1) is 9.38. The Balaban J connectivity index is 2.73. The van der Waals surface area contributed by atoms with Crippen LogP contribution in [0.5, 0.6) is 0 Å². The largest absolute Gasteiger partial charge is 0.480 e. The lowest BCUT2D eigenvalue weighted by Crippen LogP contribution is -2.37. The van der Waals surface area contributed by atoms with Crippen LogP contribution in [0.4, 0.5) is 5.69 Å². The Morgan fingerprint density at radius 2 is 1.90 bits per heavy atom. The van der Waals surface area contributed by atoms with Gasteiger partial charge in [0.15, 0.2) is 0 Å². The molecule has 0 radical (unpaired) electrons. The summed E-state index contributed by atoms with van der Waals surface area (Å²) in [6.07, 6.45) is 3.04. The quantitative estimate of drug-likeness (QED) is 0.613. The van der Waals surface area contributed by atoms with E-state index in [-0.39, 0.29) is 18.4 Å². The maximum atomic E-state index is 12.0. The Morgan fingerprint density at radius 3 is 2.40 bits per heavy atom. The van der Waals surface area contributed by atoms with E-state index in [0.717, 1.165) is 5.56 Å². The van der Waals surface area contributed by atoms with Crippen molar-refractivity contribution in [3.63, 3.8) is 0 Å². The lowest BCUT2D eigenvalue weighted by atomic mass is 10.2. The summed E-state index contributed by atoms with van der Waals surface area (Å²) in [6.45, 7) is 4.00. The van der Waals surface area contributed by atoms with Crippen LogP contribution in [-0.2, 0) is 9.59 Å². The number of amides is 1. The van der Waals surface area contributed by atoms with Crippen LogP contribution in [0.15, 0.2) is 30.3 Å². The van der Waals surface area contributed by atoms with Crippen molar-refractivity contribution in [1.29, 1.82) is 0 Å². The Morgan fingerprint density at radius 1 is 1.30 bits per heavy atom.